The number of hydrogen-bond donors (Lipinski definition) is 2. The van der Waals surface area contributed by atoms with E-state index in [-0.39, 0.29) is 24.3 Å². The molecule has 1 aromatic rings. The van der Waals surface area contributed by atoms with E-state index in [1.165, 1.54) is 0 Å². The van der Waals surface area contributed by atoms with E-state index in [1.807, 2.05) is 0 Å². The number of likely N-dealkylation sites (tertiary alicyclic amines) is 1. The summed E-state index contributed by atoms with van der Waals surface area (Å²) in [7, 11) is 0. The Morgan fingerprint density at radius 3 is 2.68 bits per heavy atom. The zero-order valence-electron chi connectivity index (χ0n) is 14.6. The molecule has 0 radical (unpaired) electrons. The van der Waals surface area contributed by atoms with Crippen LogP contribution in [0.2, 0.25) is 0 Å². The normalized spacial score (nSPS) is 24.9. The highest BCUT2D eigenvalue weighted by molar-refractivity contribution is 5.92. The van der Waals surface area contributed by atoms with Crippen molar-refractivity contribution in [2.45, 2.75) is 31.6 Å². The van der Waals surface area contributed by atoms with Crippen LogP contribution in [0.1, 0.15) is 30.2 Å². The lowest BCUT2D eigenvalue weighted by molar-refractivity contribution is -0.00612. The Morgan fingerprint density at radius 1 is 1.28 bits per heavy atom. The average Bonchev–Trinajstić information content (AvgIpc) is 3.19. The van der Waals surface area contributed by atoms with Crippen molar-refractivity contribution in [3.63, 3.8) is 0 Å². The quantitative estimate of drug-likeness (QED) is 0.727. The number of hydrogen-bond acceptors (Lipinski definition) is 6. The Hall–Kier alpha value is -1.85. The van der Waals surface area contributed by atoms with Crippen molar-refractivity contribution in [2.75, 3.05) is 39.4 Å². The fraction of sp³-hybridized carbons (Fsp3) is 0.611. The number of rotatable bonds is 2. The summed E-state index contributed by atoms with van der Waals surface area (Å²) in [6.45, 7) is 6.73. The van der Waals surface area contributed by atoms with Crippen molar-refractivity contribution in [3.8, 4) is 11.8 Å². The largest absolute Gasteiger partial charge is 0.443 e. The number of furan rings is 1. The number of nitrogens with zero attached hydrogens (tertiary/aromatic N) is 2. The van der Waals surface area contributed by atoms with Crippen molar-refractivity contribution in [1.82, 2.24) is 9.80 Å². The minimum absolute atomic E-state index is 0.0720. The molecular formula is C18H24N2O5. The highest BCUT2D eigenvalue weighted by Crippen LogP contribution is 2.20. The summed E-state index contributed by atoms with van der Waals surface area (Å²) in [5.74, 6) is 5.62. The van der Waals surface area contributed by atoms with Gasteiger partial charge in [-0.25, -0.2) is 0 Å². The van der Waals surface area contributed by atoms with Crippen molar-refractivity contribution in [3.05, 3.63) is 23.7 Å². The molecule has 3 heterocycles. The van der Waals surface area contributed by atoms with Gasteiger partial charge in [-0.3, -0.25) is 9.69 Å². The summed E-state index contributed by atoms with van der Waals surface area (Å²) >= 11 is 0. The van der Waals surface area contributed by atoms with E-state index in [0.29, 0.717) is 25.5 Å². The van der Waals surface area contributed by atoms with Crippen LogP contribution in [0.4, 0.5) is 0 Å². The SMILES string of the molecule is CC(C)(O)C#Cc1ccc(C(=O)N2C[C@H](O)[C@@H](N3CCOCC3)C2)o1. The minimum atomic E-state index is -1.12. The van der Waals surface area contributed by atoms with Crippen molar-refractivity contribution in [1.29, 1.82) is 0 Å². The summed E-state index contributed by atoms with van der Waals surface area (Å²) in [5.41, 5.74) is -1.12. The van der Waals surface area contributed by atoms with Gasteiger partial charge in [0, 0.05) is 26.2 Å². The lowest BCUT2D eigenvalue weighted by atomic mass is 10.1. The molecule has 2 saturated heterocycles. The van der Waals surface area contributed by atoms with Crippen LogP contribution in [0.3, 0.4) is 0 Å². The van der Waals surface area contributed by atoms with Crippen LogP contribution in [0, 0.1) is 11.8 Å². The molecule has 25 heavy (non-hydrogen) atoms. The number of carbonyl (C=O) groups is 1. The van der Waals surface area contributed by atoms with Gasteiger partial charge in [-0.05, 0) is 31.9 Å². The standard InChI is InChI=1S/C18H24N2O5/c1-18(2,23)6-5-13-3-4-16(25-13)17(22)20-11-14(15(21)12-20)19-7-9-24-10-8-19/h3-4,14-15,21,23H,7-12H2,1-2H3/t14-,15-/m0/s1. The maximum Gasteiger partial charge on any atom is 0.289 e. The molecule has 2 aliphatic heterocycles. The van der Waals surface area contributed by atoms with Gasteiger partial charge in [-0.2, -0.15) is 0 Å². The predicted octanol–water partition coefficient (Wildman–Crippen LogP) is -0.0805. The summed E-state index contributed by atoms with van der Waals surface area (Å²) in [5, 5.41) is 19.9. The highest BCUT2D eigenvalue weighted by Gasteiger charge is 2.39. The smallest absolute Gasteiger partial charge is 0.289 e. The molecule has 0 saturated carbocycles. The van der Waals surface area contributed by atoms with E-state index < -0.39 is 11.7 Å². The van der Waals surface area contributed by atoms with Crippen molar-refractivity contribution < 1.29 is 24.2 Å². The Balaban J connectivity index is 1.65. The fourth-order valence-corrected chi connectivity index (χ4v) is 3.09. The second-order valence-electron chi connectivity index (χ2n) is 6.97. The molecule has 2 N–H and O–H groups in total. The van der Waals surface area contributed by atoms with Crippen LogP contribution in [0.25, 0.3) is 0 Å². The van der Waals surface area contributed by atoms with E-state index in [4.69, 9.17) is 9.15 Å². The second-order valence-corrected chi connectivity index (χ2v) is 6.97. The molecule has 0 bridgehead atoms. The zero-order valence-corrected chi connectivity index (χ0v) is 14.6. The van der Waals surface area contributed by atoms with Crippen LogP contribution < -0.4 is 0 Å². The predicted molar refractivity (Wildman–Crippen MR) is 90.0 cm³/mol. The van der Waals surface area contributed by atoms with Gasteiger partial charge >= 0.3 is 0 Å². The molecule has 0 aliphatic carbocycles. The minimum Gasteiger partial charge on any atom is -0.443 e. The summed E-state index contributed by atoms with van der Waals surface area (Å²) in [4.78, 5) is 16.4. The van der Waals surface area contributed by atoms with Crippen LogP contribution in [-0.2, 0) is 4.74 Å². The monoisotopic (exact) mass is 348 g/mol. The van der Waals surface area contributed by atoms with Gasteiger partial charge < -0.3 is 24.3 Å². The molecule has 136 valence electrons. The lowest BCUT2D eigenvalue weighted by Gasteiger charge is -2.33. The number of ether oxygens (including phenoxy) is 1. The summed E-state index contributed by atoms with van der Waals surface area (Å²) in [6, 6.07) is 3.11. The molecule has 2 fully saturated rings. The number of aliphatic hydroxyl groups excluding tert-OH is 1. The number of carbonyl (C=O) groups excluding carboxylic acids is 1. The molecule has 2 atom stereocenters. The maximum atomic E-state index is 12.6. The van der Waals surface area contributed by atoms with E-state index in [2.05, 4.69) is 16.7 Å². The number of amides is 1. The van der Waals surface area contributed by atoms with Gasteiger partial charge in [0.2, 0.25) is 0 Å². The average molecular weight is 348 g/mol. The Bertz CT molecular complexity index is 676. The molecule has 1 aromatic heterocycles. The van der Waals surface area contributed by atoms with Gasteiger partial charge in [-0.1, -0.05) is 5.92 Å². The van der Waals surface area contributed by atoms with Crippen LogP contribution in [0.5, 0.6) is 0 Å². The first kappa shape index (κ1) is 18.0. The van der Waals surface area contributed by atoms with Gasteiger partial charge in [0.1, 0.15) is 5.60 Å². The Kier molecular flexibility index (Phi) is 5.16. The Labute approximate surface area is 147 Å². The maximum absolute atomic E-state index is 12.6. The van der Waals surface area contributed by atoms with Gasteiger partial charge in [0.25, 0.3) is 5.91 Å². The molecule has 7 nitrogen and oxygen atoms in total. The summed E-state index contributed by atoms with van der Waals surface area (Å²) < 4.78 is 10.8. The van der Waals surface area contributed by atoms with Crippen molar-refractivity contribution >= 4 is 5.91 Å². The molecule has 2 aliphatic rings. The first-order chi connectivity index (χ1) is 11.8. The number of β-amino-alcohol motifs (C(OH)–C–C–N with tert-alkyl or cyclic N) is 1. The van der Waals surface area contributed by atoms with Crippen LogP contribution in [-0.4, -0.2) is 83.1 Å². The number of aliphatic hydroxyl groups is 2. The van der Waals surface area contributed by atoms with E-state index in [1.54, 1.807) is 30.9 Å². The van der Waals surface area contributed by atoms with E-state index in [0.717, 1.165) is 13.1 Å². The van der Waals surface area contributed by atoms with Crippen LogP contribution in [0.15, 0.2) is 16.5 Å². The Morgan fingerprint density at radius 2 is 2.00 bits per heavy atom. The first-order valence-electron chi connectivity index (χ1n) is 8.48. The molecule has 3 rings (SSSR count). The highest BCUT2D eigenvalue weighted by atomic mass is 16.5. The third-order valence-electron chi connectivity index (χ3n) is 4.37. The number of morpholine rings is 1. The fourth-order valence-electron chi connectivity index (χ4n) is 3.09. The molecule has 1 amide bonds. The van der Waals surface area contributed by atoms with E-state index >= 15 is 0 Å². The molecule has 0 aromatic carbocycles. The molecule has 0 spiro atoms. The summed E-state index contributed by atoms with van der Waals surface area (Å²) in [6.07, 6.45) is -0.577. The topological polar surface area (TPSA) is 86.4 Å². The lowest BCUT2D eigenvalue weighted by Crippen LogP contribution is -2.49. The van der Waals surface area contributed by atoms with E-state index in [9.17, 15) is 15.0 Å². The second kappa shape index (κ2) is 7.18. The van der Waals surface area contributed by atoms with Crippen molar-refractivity contribution in [2.24, 2.45) is 0 Å². The third kappa shape index (κ3) is 4.41. The van der Waals surface area contributed by atoms with Gasteiger partial charge in [0.05, 0.1) is 25.4 Å². The van der Waals surface area contributed by atoms with Crippen LogP contribution >= 0.6 is 0 Å². The third-order valence-corrected chi connectivity index (χ3v) is 4.37. The first-order valence-corrected chi connectivity index (χ1v) is 8.48. The molecule has 7 heteroatoms. The molecule has 0 unspecified atom stereocenters. The zero-order chi connectivity index (χ0) is 18.0. The van der Waals surface area contributed by atoms with Gasteiger partial charge in [0.15, 0.2) is 11.5 Å². The molecular weight excluding hydrogens is 324 g/mol. The van der Waals surface area contributed by atoms with Gasteiger partial charge in [-0.15, -0.1) is 0 Å².